The smallest absolute Gasteiger partial charge is 0.251 e. The van der Waals surface area contributed by atoms with E-state index in [-0.39, 0.29) is 24.1 Å². The van der Waals surface area contributed by atoms with Crippen LogP contribution in [0.3, 0.4) is 0 Å². The Kier molecular flexibility index (Phi) is 6.58. The van der Waals surface area contributed by atoms with Crippen molar-refractivity contribution in [3.8, 4) is 0 Å². The number of carbonyl (C=O) groups excluding carboxylic acids is 2. The second-order valence-corrected chi connectivity index (χ2v) is 7.91. The van der Waals surface area contributed by atoms with Crippen molar-refractivity contribution in [1.82, 2.24) is 10.2 Å². The van der Waals surface area contributed by atoms with Crippen LogP contribution in [0, 0.1) is 11.6 Å². The first-order chi connectivity index (χ1) is 15.0. The maximum atomic E-state index is 13.1. The highest BCUT2D eigenvalue weighted by Gasteiger charge is 2.39. The molecule has 4 rings (SSSR count). The quantitative estimate of drug-likeness (QED) is 0.542. The Morgan fingerprint density at radius 1 is 0.839 bits per heavy atom. The second-order valence-electron chi connectivity index (χ2n) is 7.91. The molecule has 31 heavy (non-hydrogen) atoms. The molecule has 0 bridgehead atoms. The van der Waals surface area contributed by atoms with Crippen molar-refractivity contribution in [3.63, 3.8) is 0 Å². The molecule has 2 fully saturated rings. The molecule has 0 radical (unpaired) electrons. The molecule has 2 heterocycles. The molecule has 1 N–H and O–H groups in total. The van der Waals surface area contributed by atoms with E-state index < -0.39 is 11.9 Å². The van der Waals surface area contributed by atoms with E-state index in [4.69, 9.17) is 0 Å². The fraction of sp³-hybridized carbons (Fsp3) is 0.391. The van der Waals surface area contributed by atoms with Crippen LogP contribution in [-0.2, 0) is 9.59 Å². The molecular formula is C23H26F2N4O2. The molecule has 0 aromatic heterocycles. The molecule has 2 amide bonds. The highest BCUT2D eigenvalue weighted by atomic mass is 19.1. The van der Waals surface area contributed by atoms with Crippen LogP contribution in [0.15, 0.2) is 48.5 Å². The Bertz CT molecular complexity index is 912. The fourth-order valence-corrected chi connectivity index (χ4v) is 4.11. The fourth-order valence-electron chi connectivity index (χ4n) is 4.11. The summed E-state index contributed by atoms with van der Waals surface area (Å²) in [5.74, 6) is -1.19. The lowest BCUT2D eigenvalue weighted by Crippen LogP contribution is -2.47. The molecule has 2 aromatic carbocycles. The van der Waals surface area contributed by atoms with Gasteiger partial charge in [-0.3, -0.25) is 14.5 Å². The number of halogens is 2. The van der Waals surface area contributed by atoms with Crippen molar-refractivity contribution >= 4 is 23.2 Å². The zero-order chi connectivity index (χ0) is 21.8. The normalized spacial score (nSPS) is 20.0. The molecule has 0 unspecified atom stereocenters. The van der Waals surface area contributed by atoms with Crippen LogP contribution >= 0.6 is 0 Å². The van der Waals surface area contributed by atoms with E-state index in [9.17, 15) is 18.4 Å². The maximum absolute atomic E-state index is 13.1. The predicted octanol–water partition coefficient (Wildman–Crippen LogP) is 2.40. The minimum Gasteiger partial charge on any atom is -0.369 e. The highest BCUT2D eigenvalue weighted by Crippen LogP contribution is 2.23. The average molecular weight is 428 g/mol. The van der Waals surface area contributed by atoms with Crippen molar-refractivity contribution < 1.29 is 18.4 Å². The van der Waals surface area contributed by atoms with Gasteiger partial charge in [0.2, 0.25) is 5.91 Å². The van der Waals surface area contributed by atoms with E-state index in [1.54, 1.807) is 0 Å². The van der Waals surface area contributed by atoms with Crippen LogP contribution in [0.1, 0.15) is 12.8 Å². The third-order valence-electron chi connectivity index (χ3n) is 5.84. The van der Waals surface area contributed by atoms with Gasteiger partial charge in [-0.05, 0) is 68.0 Å². The third kappa shape index (κ3) is 5.08. The molecule has 8 heteroatoms. The van der Waals surface area contributed by atoms with Crippen molar-refractivity contribution in [3.05, 3.63) is 60.2 Å². The minimum atomic E-state index is -0.534. The number of imide groups is 1. The first kappa shape index (κ1) is 21.4. The SMILES string of the molecule is O=C1C[C@@H](NCCCN2CCN(c3ccc(F)cc3)CC2)C(=O)N1c1ccc(F)cc1. The summed E-state index contributed by atoms with van der Waals surface area (Å²) in [7, 11) is 0. The van der Waals surface area contributed by atoms with Gasteiger partial charge >= 0.3 is 0 Å². The van der Waals surface area contributed by atoms with Crippen molar-refractivity contribution in [2.24, 2.45) is 0 Å². The Labute approximate surface area is 180 Å². The van der Waals surface area contributed by atoms with Gasteiger partial charge in [-0.15, -0.1) is 0 Å². The molecule has 2 aromatic rings. The number of nitrogens with one attached hydrogen (secondary N) is 1. The number of rotatable bonds is 7. The molecule has 0 aliphatic carbocycles. The second kappa shape index (κ2) is 9.53. The van der Waals surface area contributed by atoms with Gasteiger partial charge in [-0.25, -0.2) is 13.7 Å². The molecular weight excluding hydrogens is 402 g/mol. The molecule has 0 spiro atoms. The summed E-state index contributed by atoms with van der Waals surface area (Å²) >= 11 is 0. The largest absolute Gasteiger partial charge is 0.369 e. The maximum Gasteiger partial charge on any atom is 0.251 e. The summed E-state index contributed by atoms with van der Waals surface area (Å²) in [6, 6.07) is 11.4. The Morgan fingerprint density at radius 2 is 1.42 bits per heavy atom. The highest BCUT2D eigenvalue weighted by molar-refractivity contribution is 6.22. The van der Waals surface area contributed by atoms with E-state index >= 15 is 0 Å². The lowest BCUT2D eigenvalue weighted by molar-refractivity contribution is -0.121. The van der Waals surface area contributed by atoms with Gasteiger partial charge in [0.25, 0.3) is 5.91 Å². The van der Waals surface area contributed by atoms with Crippen molar-refractivity contribution in [2.75, 3.05) is 49.1 Å². The standard InChI is InChI=1S/C23H26F2N4O2/c24-17-2-6-19(7-3-17)28-14-12-27(13-15-28)11-1-10-26-21-16-22(30)29(23(21)31)20-8-4-18(25)5-9-20/h2-9,21,26H,1,10-16H2/t21-/m1/s1. The monoisotopic (exact) mass is 428 g/mol. The number of amides is 2. The Hall–Kier alpha value is -2.84. The van der Waals surface area contributed by atoms with Gasteiger partial charge in [-0.1, -0.05) is 0 Å². The van der Waals surface area contributed by atoms with Crippen molar-refractivity contribution in [1.29, 1.82) is 0 Å². The van der Waals surface area contributed by atoms with Gasteiger partial charge in [0.1, 0.15) is 11.6 Å². The average Bonchev–Trinajstić information content (AvgIpc) is 3.06. The molecule has 164 valence electrons. The number of carbonyl (C=O) groups is 2. The molecule has 0 saturated carbocycles. The summed E-state index contributed by atoms with van der Waals surface area (Å²) in [6.45, 7) is 5.18. The molecule has 6 nitrogen and oxygen atoms in total. The third-order valence-corrected chi connectivity index (χ3v) is 5.84. The van der Waals surface area contributed by atoms with Gasteiger partial charge in [0, 0.05) is 31.9 Å². The van der Waals surface area contributed by atoms with Crippen LogP contribution < -0.4 is 15.1 Å². The van der Waals surface area contributed by atoms with Crippen LogP contribution in [0.25, 0.3) is 0 Å². The lowest BCUT2D eigenvalue weighted by Gasteiger charge is -2.36. The summed E-state index contributed by atoms with van der Waals surface area (Å²) in [4.78, 5) is 30.6. The molecule has 2 aliphatic heterocycles. The van der Waals surface area contributed by atoms with E-state index in [2.05, 4.69) is 15.1 Å². The summed E-state index contributed by atoms with van der Waals surface area (Å²) in [6.07, 6.45) is 0.984. The molecule has 2 saturated heterocycles. The first-order valence-electron chi connectivity index (χ1n) is 10.6. The van der Waals surface area contributed by atoms with Gasteiger partial charge in [-0.2, -0.15) is 0 Å². The number of anilines is 2. The summed E-state index contributed by atoms with van der Waals surface area (Å²) in [5.41, 5.74) is 1.44. The van der Waals surface area contributed by atoms with Crippen molar-refractivity contribution in [2.45, 2.75) is 18.9 Å². The van der Waals surface area contributed by atoms with Gasteiger partial charge in [0.05, 0.1) is 18.2 Å². The first-order valence-corrected chi connectivity index (χ1v) is 10.6. The van der Waals surface area contributed by atoms with Crippen LogP contribution in [0.5, 0.6) is 0 Å². The van der Waals surface area contributed by atoms with Gasteiger partial charge in [0.15, 0.2) is 0 Å². The summed E-state index contributed by atoms with van der Waals surface area (Å²) in [5, 5.41) is 3.19. The van der Waals surface area contributed by atoms with Crippen LogP contribution in [0.4, 0.5) is 20.2 Å². The minimum absolute atomic E-state index is 0.118. The Morgan fingerprint density at radius 3 is 2.03 bits per heavy atom. The topological polar surface area (TPSA) is 55.9 Å². The van der Waals surface area contributed by atoms with E-state index in [0.29, 0.717) is 12.2 Å². The van der Waals surface area contributed by atoms with Crippen LogP contribution in [-0.4, -0.2) is 62.0 Å². The number of nitrogens with zero attached hydrogens (tertiary/aromatic N) is 3. The van der Waals surface area contributed by atoms with E-state index in [1.165, 1.54) is 36.4 Å². The zero-order valence-electron chi connectivity index (χ0n) is 17.3. The number of benzene rings is 2. The predicted molar refractivity (Wildman–Crippen MR) is 115 cm³/mol. The number of piperazine rings is 1. The Balaban J connectivity index is 1.18. The molecule has 2 aliphatic rings. The molecule has 1 atom stereocenters. The van der Waals surface area contributed by atoms with E-state index in [0.717, 1.165) is 49.7 Å². The summed E-state index contributed by atoms with van der Waals surface area (Å²) < 4.78 is 26.2. The lowest BCUT2D eigenvalue weighted by atomic mass is 10.2. The number of hydrogen-bond acceptors (Lipinski definition) is 5. The van der Waals surface area contributed by atoms with Gasteiger partial charge < -0.3 is 10.2 Å². The van der Waals surface area contributed by atoms with E-state index in [1.807, 2.05) is 12.1 Å². The zero-order valence-corrected chi connectivity index (χ0v) is 17.3. The van der Waals surface area contributed by atoms with Crippen LogP contribution in [0.2, 0.25) is 0 Å². The number of hydrogen-bond donors (Lipinski definition) is 1.